The van der Waals surface area contributed by atoms with Crippen LogP contribution in [0.1, 0.15) is 33.5 Å². The number of para-hydroxylation sites is 2. The van der Waals surface area contributed by atoms with E-state index in [-0.39, 0.29) is 17.9 Å². The zero-order chi connectivity index (χ0) is 23.8. The van der Waals surface area contributed by atoms with Crippen LogP contribution in [0.15, 0.2) is 54.6 Å². The highest BCUT2D eigenvalue weighted by Crippen LogP contribution is 2.35. The number of alkyl halides is 3. The average molecular weight is 461 g/mol. The van der Waals surface area contributed by atoms with Crippen molar-refractivity contribution in [3.63, 3.8) is 0 Å². The molecule has 1 amide bonds. The van der Waals surface area contributed by atoms with Gasteiger partial charge in [0.25, 0.3) is 5.91 Å². The predicted molar refractivity (Wildman–Crippen MR) is 108 cm³/mol. The summed E-state index contributed by atoms with van der Waals surface area (Å²) in [5.74, 6) is -0.534. The van der Waals surface area contributed by atoms with Gasteiger partial charge in [0.1, 0.15) is 0 Å². The summed E-state index contributed by atoms with van der Waals surface area (Å²) in [6.45, 7) is 1.50. The highest BCUT2D eigenvalue weighted by atomic mass is 19.4. The standard InChI is InChI=1S/C22H18F3N3O5/c1-3-31-20(30)15-12-18(22(23,24)25)26-28(15)14-8-6-7-13(11-14)19(29)27(2)21-32-16-9-4-5-10-17(16)33-21/h4-12,21H,3H2,1-2H3. The largest absolute Gasteiger partial charge is 0.461 e. The van der Waals surface area contributed by atoms with Gasteiger partial charge in [0, 0.05) is 18.7 Å². The van der Waals surface area contributed by atoms with Crippen molar-refractivity contribution in [1.82, 2.24) is 14.7 Å². The van der Waals surface area contributed by atoms with E-state index in [1.807, 2.05) is 0 Å². The van der Waals surface area contributed by atoms with Gasteiger partial charge in [-0.15, -0.1) is 0 Å². The van der Waals surface area contributed by atoms with E-state index in [0.29, 0.717) is 17.6 Å². The molecule has 4 rings (SSSR count). The maximum Gasteiger partial charge on any atom is 0.435 e. The van der Waals surface area contributed by atoms with E-state index in [9.17, 15) is 22.8 Å². The Hall–Kier alpha value is -4.02. The third-order valence-electron chi connectivity index (χ3n) is 4.76. The van der Waals surface area contributed by atoms with Crippen molar-refractivity contribution in [3.05, 3.63) is 71.5 Å². The minimum Gasteiger partial charge on any atom is -0.461 e. The molecule has 33 heavy (non-hydrogen) atoms. The number of hydrogen-bond acceptors (Lipinski definition) is 6. The Labute approximate surface area is 186 Å². The van der Waals surface area contributed by atoms with E-state index in [0.717, 1.165) is 4.68 Å². The Kier molecular flexibility index (Phi) is 5.71. The molecule has 8 nitrogen and oxygen atoms in total. The van der Waals surface area contributed by atoms with Gasteiger partial charge in [-0.1, -0.05) is 18.2 Å². The van der Waals surface area contributed by atoms with Gasteiger partial charge in [0.05, 0.1) is 12.3 Å². The predicted octanol–water partition coefficient (Wildman–Crippen LogP) is 3.89. The van der Waals surface area contributed by atoms with Crippen LogP contribution in [0.25, 0.3) is 5.69 Å². The van der Waals surface area contributed by atoms with Crippen molar-refractivity contribution >= 4 is 11.9 Å². The summed E-state index contributed by atoms with van der Waals surface area (Å²) in [4.78, 5) is 26.5. The number of rotatable bonds is 5. The molecular formula is C22H18F3N3O5. The molecule has 0 unspecified atom stereocenters. The molecule has 0 saturated heterocycles. The Morgan fingerprint density at radius 1 is 1.09 bits per heavy atom. The SMILES string of the molecule is CCOC(=O)c1cc(C(F)(F)F)nn1-c1cccc(C(=O)N(C)C2Oc3ccccc3O2)c1. The summed E-state index contributed by atoms with van der Waals surface area (Å²) < 4.78 is 56.6. The number of esters is 1. The Morgan fingerprint density at radius 3 is 2.36 bits per heavy atom. The lowest BCUT2D eigenvalue weighted by Gasteiger charge is -2.22. The second kappa shape index (κ2) is 8.49. The third-order valence-corrected chi connectivity index (χ3v) is 4.76. The van der Waals surface area contributed by atoms with E-state index in [4.69, 9.17) is 14.2 Å². The van der Waals surface area contributed by atoms with E-state index >= 15 is 0 Å². The Balaban J connectivity index is 1.64. The highest BCUT2D eigenvalue weighted by molar-refractivity contribution is 5.95. The van der Waals surface area contributed by atoms with Gasteiger partial charge in [-0.2, -0.15) is 18.3 Å². The minimum absolute atomic E-state index is 0.0293. The lowest BCUT2D eigenvalue weighted by Crippen LogP contribution is -2.42. The van der Waals surface area contributed by atoms with Crippen LogP contribution in [0, 0.1) is 0 Å². The molecule has 2 heterocycles. The lowest BCUT2D eigenvalue weighted by molar-refractivity contribution is -0.141. The second-order valence-corrected chi connectivity index (χ2v) is 7.00. The molecule has 0 fully saturated rings. The molecule has 2 aromatic carbocycles. The van der Waals surface area contributed by atoms with E-state index in [2.05, 4.69) is 5.10 Å². The van der Waals surface area contributed by atoms with E-state index < -0.39 is 35.9 Å². The van der Waals surface area contributed by atoms with Gasteiger partial charge in [-0.05, 0) is 37.3 Å². The van der Waals surface area contributed by atoms with E-state index in [1.54, 1.807) is 24.3 Å². The van der Waals surface area contributed by atoms with Crippen LogP contribution in [-0.2, 0) is 10.9 Å². The number of carbonyl (C=O) groups is 2. The number of hydrogen-bond donors (Lipinski definition) is 0. The first-order valence-electron chi connectivity index (χ1n) is 9.83. The molecule has 3 aromatic rings. The fourth-order valence-corrected chi connectivity index (χ4v) is 3.18. The summed E-state index contributed by atoms with van der Waals surface area (Å²) in [5.41, 5.74) is -1.48. The molecule has 0 aliphatic carbocycles. The van der Waals surface area contributed by atoms with Crippen molar-refractivity contribution in [2.24, 2.45) is 0 Å². The molecule has 0 radical (unpaired) electrons. The fourth-order valence-electron chi connectivity index (χ4n) is 3.18. The normalized spacial score (nSPS) is 13.1. The second-order valence-electron chi connectivity index (χ2n) is 7.00. The van der Waals surface area contributed by atoms with E-state index in [1.165, 1.54) is 43.1 Å². The monoisotopic (exact) mass is 461 g/mol. The molecule has 172 valence electrons. The van der Waals surface area contributed by atoms with Crippen molar-refractivity contribution < 1.29 is 37.0 Å². The van der Waals surface area contributed by atoms with Gasteiger partial charge in [0.15, 0.2) is 22.9 Å². The third kappa shape index (κ3) is 4.34. The summed E-state index contributed by atoms with van der Waals surface area (Å²) in [5, 5.41) is 3.52. The molecule has 1 aliphatic heterocycles. The summed E-state index contributed by atoms with van der Waals surface area (Å²) in [6, 6.07) is 13.2. The van der Waals surface area contributed by atoms with Crippen LogP contribution in [0.3, 0.4) is 0 Å². The van der Waals surface area contributed by atoms with Crippen LogP contribution >= 0.6 is 0 Å². The number of fused-ring (bicyclic) bond motifs is 1. The molecule has 0 spiro atoms. The first-order chi connectivity index (χ1) is 15.7. The topological polar surface area (TPSA) is 82.9 Å². The number of amides is 1. The van der Waals surface area contributed by atoms with Crippen molar-refractivity contribution in [1.29, 1.82) is 0 Å². The number of aromatic nitrogens is 2. The molecule has 0 bridgehead atoms. The van der Waals surface area contributed by atoms with Gasteiger partial charge in [0.2, 0.25) is 0 Å². The summed E-state index contributed by atoms with van der Waals surface area (Å²) in [7, 11) is 1.46. The van der Waals surface area contributed by atoms with Crippen LogP contribution in [0.5, 0.6) is 11.5 Å². The average Bonchev–Trinajstić information content (AvgIpc) is 3.43. The number of nitrogens with zero attached hydrogens (tertiary/aromatic N) is 3. The summed E-state index contributed by atoms with van der Waals surface area (Å²) in [6.07, 6.45) is -5.79. The number of benzene rings is 2. The number of carbonyl (C=O) groups excluding carboxylic acids is 2. The fraction of sp³-hybridized carbons (Fsp3) is 0.227. The zero-order valence-corrected chi connectivity index (χ0v) is 17.5. The molecular weight excluding hydrogens is 443 g/mol. The Bertz CT molecular complexity index is 1180. The van der Waals surface area contributed by atoms with Gasteiger partial charge >= 0.3 is 18.6 Å². The smallest absolute Gasteiger partial charge is 0.435 e. The molecule has 1 aromatic heterocycles. The maximum absolute atomic E-state index is 13.2. The quantitative estimate of drug-likeness (QED) is 0.536. The Morgan fingerprint density at radius 2 is 1.76 bits per heavy atom. The molecule has 0 atom stereocenters. The summed E-state index contributed by atoms with van der Waals surface area (Å²) >= 11 is 0. The minimum atomic E-state index is -4.77. The van der Waals surface area contributed by atoms with Crippen molar-refractivity contribution in [2.75, 3.05) is 13.7 Å². The molecule has 1 aliphatic rings. The van der Waals surface area contributed by atoms with Crippen molar-refractivity contribution in [2.45, 2.75) is 19.5 Å². The first-order valence-corrected chi connectivity index (χ1v) is 9.83. The molecule has 11 heteroatoms. The van der Waals surface area contributed by atoms with Crippen LogP contribution in [0.4, 0.5) is 13.2 Å². The highest BCUT2D eigenvalue weighted by Gasteiger charge is 2.37. The van der Waals surface area contributed by atoms with Crippen LogP contribution < -0.4 is 9.47 Å². The van der Waals surface area contributed by atoms with Gasteiger partial charge in [-0.3, -0.25) is 9.69 Å². The van der Waals surface area contributed by atoms with Gasteiger partial charge in [-0.25, -0.2) is 9.48 Å². The van der Waals surface area contributed by atoms with Gasteiger partial charge < -0.3 is 14.2 Å². The first kappa shape index (κ1) is 22.2. The lowest BCUT2D eigenvalue weighted by atomic mass is 10.1. The van der Waals surface area contributed by atoms with Crippen LogP contribution in [-0.4, -0.2) is 46.6 Å². The zero-order valence-electron chi connectivity index (χ0n) is 17.5. The maximum atomic E-state index is 13.2. The van der Waals surface area contributed by atoms with Crippen molar-refractivity contribution in [3.8, 4) is 17.2 Å². The number of ether oxygens (including phenoxy) is 3. The van der Waals surface area contributed by atoms with Crippen LogP contribution in [0.2, 0.25) is 0 Å². The molecule has 0 N–H and O–H groups in total. The molecule has 0 saturated carbocycles. The number of halogens is 3.